The van der Waals surface area contributed by atoms with E-state index in [-0.39, 0.29) is 11.3 Å². The van der Waals surface area contributed by atoms with Crippen molar-refractivity contribution in [2.75, 3.05) is 0 Å². The Bertz CT molecular complexity index is 988. The average Bonchev–Trinajstić information content (AvgIpc) is 2.77. The third-order valence-corrected chi connectivity index (χ3v) is 5.51. The maximum absolute atomic E-state index is 13.7. The minimum atomic E-state index is -1.07. The van der Waals surface area contributed by atoms with Crippen LogP contribution in [0.25, 0.3) is 6.08 Å². The van der Waals surface area contributed by atoms with Crippen LogP contribution in [0, 0.1) is 34.8 Å². The lowest BCUT2D eigenvalue weighted by Gasteiger charge is -2.24. The maximum Gasteiger partial charge on any atom is 0.343 e. The lowest BCUT2D eigenvalue weighted by Crippen LogP contribution is -2.11. The number of carbonyl (C=O) groups is 1. The van der Waals surface area contributed by atoms with E-state index in [0.717, 1.165) is 24.1 Å². The van der Waals surface area contributed by atoms with Gasteiger partial charge >= 0.3 is 5.97 Å². The van der Waals surface area contributed by atoms with E-state index < -0.39 is 23.2 Å². The van der Waals surface area contributed by atoms with Crippen molar-refractivity contribution >= 4 is 12.0 Å². The van der Waals surface area contributed by atoms with Gasteiger partial charge in [0.1, 0.15) is 29.0 Å². The van der Waals surface area contributed by atoms with Crippen molar-refractivity contribution in [2.24, 2.45) is 11.8 Å². The Balaban J connectivity index is 1.56. The molecule has 1 saturated carbocycles. The normalized spacial score (nSPS) is 18.9. The summed E-state index contributed by atoms with van der Waals surface area (Å²) in [6.07, 6.45) is 14.8. The molecule has 0 spiro atoms. The zero-order valence-electron chi connectivity index (χ0n) is 17.5. The highest BCUT2D eigenvalue weighted by atomic mass is 19.1. The molecule has 2 aromatic rings. The van der Waals surface area contributed by atoms with E-state index in [1.165, 1.54) is 31.8 Å². The third-order valence-electron chi connectivity index (χ3n) is 5.51. The molecule has 1 aliphatic rings. The van der Waals surface area contributed by atoms with E-state index in [9.17, 15) is 13.6 Å². The Kier molecular flexibility index (Phi) is 7.72. The summed E-state index contributed by atoms with van der Waals surface area (Å²) < 4.78 is 32.4. The minimum Gasteiger partial charge on any atom is -0.423 e. The van der Waals surface area contributed by atoms with Gasteiger partial charge in [-0.3, -0.25) is 0 Å². The van der Waals surface area contributed by atoms with Crippen LogP contribution in [0.3, 0.4) is 0 Å². The second-order valence-corrected chi connectivity index (χ2v) is 7.76. The highest BCUT2D eigenvalue weighted by Gasteiger charge is 2.17. The molecule has 0 amide bonds. The van der Waals surface area contributed by atoms with Crippen molar-refractivity contribution < 1.29 is 18.3 Å². The molecule has 1 fully saturated rings. The molecule has 3 nitrogen and oxygen atoms in total. The zero-order valence-corrected chi connectivity index (χ0v) is 17.5. The van der Waals surface area contributed by atoms with Crippen LogP contribution in [-0.4, -0.2) is 5.97 Å². The Morgan fingerprint density at radius 2 is 1.65 bits per heavy atom. The van der Waals surface area contributed by atoms with Crippen molar-refractivity contribution in [3.05, 3.63) is 83.0 Å². The molecule has 0 aromatic heterocycles. The molecular formula is C26H25F2NO2. The van der Waals surface area contributed by atoms with Gasteiger partial charge in [0.2, 0.25) is 0 Å². The first-order chi connectivity index (χ1) is 15.0. The standard InChI is InChI=1S/C26H25F2NO2/c1-2-3-4-18-5-7-19(8-6-18)9-10-20-11-13-21(14-12-20)26(30)31-22-15-24(27)23(17-29)25(28)16-22/h3-4,9-16,18-19H,2,5-8H2,1H3. The Hall–Kier alpha value is -3.26. The first-order valence-corrected chi connectivity index (χ1v) is 10.6. The molecule has 0 unspecified atom stereocenters. The summed E-state index contributed by atoms with van der Waals surface area (Å²) in [5.41, 5.74) is 0.535. The third kappa shape index (κ3) is 6.11. The fourth-order valence-electron chi connectivity index (χ4n) is 3.72. The van der Waals surface area contributed by atoms with E-state index in [2.05, 4.69) is 31.2 Å². The van der Waals surface area contributed by atoms with Gasteiger partial charge in [-0.05, 0) is 61.6 Å². The van der Waals surface area contributed by atoms with Gasteiger partial charge in [0.15, 0.2) is 0 Å². The molecule has 3 rings (SSSR count). The summed E-state index contributed by atoms with van der Waals surface area (Å²) in [6.45, 7) is 2.16. The molecule has 31 heavy (non-hydrogen) atoms. The Labute approximate surface area is 181 Å². The molecular weight excluding hydrogens is 396 g/mol. The highest BCUT2D eigenvalue weighted by Crippen LogP contribution is 2.31. The predicted octanol–water partition coefficient (Wildman–Crippen LogP) is 6.84. The number of nitriles is 1. The predicted molar refractivity (Wildman–Crippen MR) is 116 cm³/mol. The van der Waals surface area contributed by atoms with Crippen LogP contribution in [0.2, 0.25) is 0 Å². The van der Waals surface area contributed by atoms with Crippen molar-refractivity contribution in [1.82, 2.24) is 0 Å². The van der Waals surface area contributed by atoms with Crippen LogP contribution >= 0.6 is 0 Å². The summed E-state index contributed by atoms with van der Waals surface area (Å²) in [4.78, 5) is 12.3. The second-order valence-electron chi connectivity index (χ2n) is 7.76. The number of esters is 1. The van der Waals surface area contributed by atoms with Crippen LogP contribution in [0.5, 0.6) is 5.75 Å². The lowest BCUT2D eigenvalue weighted by atomic mass is 9.81. The van der Waals surface area contributed by atoms with Gasteiger partial charge in [-0.1, -0.05) is 43.4 Å². The molecule has 1 aliphatic carbocycles. The van der Waals surface area contributed by atoms with Crippen LogP contribution in [0.4, 0.5) is 8.78 Å². The number of allylic oxidation sites excluding steroid dienone is 3. The number of nitrogens with zero attached hydrogens (tertiary/aromatic N) is 1. The van der Waals surface area contributed by atoms with E-state index in [0.29, 0.717) is 11.8 Å². The molecule has 0 heterocycles. The summed E-state index contributed by atoms with van der Waals surface area (Å²) in [7, 11) is 0. The molecule has 0 saturated heterocycles. The molecule has 5 heteroatoms. The van der Waals surface area contributed by atoms with E-state index in [1.54, 1.807) is 12.1 Å². The topological polar surface area (TPSA) is 50.1 Å². The van der Waals surface area contributed by atoms with Crippen LogP contribution in [0.15, 0.2) is 54.6 Å². The molecule has 0 radical (unpaired) electrons. The number of halogens is 2. The molecule has 0 aliphatic heterocycles. The average molecular weight is 421 g/mol. The van der Waals surface area contributed by atoms with Gasteiger partial charge in [-0.15, -0.1) is 0 Å². The van der Waals surface area contributed by atoms with Gasteiger partial charge in [-0.2, -0.15) is 5.26 Å². The fourth-order valence-corrected chi connectivity index (χ4v) is 3.72. The molecule has 0 N–H and O–H groups in total. The lowest BCUT2D eigenvalue weighted by molar-refractivity contribution is 0.0734. The highest BCUT2D eigenvalue weighted by molar-refractivity contribution is 5.91. The van der Waals surface area contributed by atoms with Crippen molar-refractivity contribution in [1.29, 1.82) is 5.26 Å². The summed E-state index contributed by atoms with van der Waals surface area (Å²) >= 11 is 0. The van der Waals surface area contributed by atoms with E-state index in [1.807, 2.05) is 12.1 Å². The van der Waals surface area contributed by atoms with Gasteiger partial charge in [0, 0.05) is 12.1 Å². The van der Waals surface area contributed by atoms with Crippen molar-refractivity contribution in [3.63, 3.8) is 0 Å². The quantitative estimate of drug-likeness (QED) is 0.291. The fraction of sp³-hybridized carbons (Fsp3) is 0.308. The number of ether oxygens (including phenoxy) is 1. The van der Waals surface area contributed by atoms with Gasteiger partial charge in [0.25, 0.3) is 0 Å². The molecule has 2 aromatic carbocycles. The number of benzene rings is 2. The van der Waals surface area contributed by atoms with Gasteiger partial charge in [-0.25, -0.2) is 13.6 Å². The summed E-state index contributed by atoms with van der Waals surface area (Å²) in [6, 6.07) is 9.92. The van der Waals surface area contributed by atoms with E-state index >= 15 is 0 Å². The smallest absolute Gasteiger partial charge is 0.343 e. The molecule has 0 bridgehead atoms. The van der Waals surface area contributed by atoms with Crippen molar-refractivity contribution in [3.8, 4) is 11.8 Å². The van der Waals surface area contributed by atoms with Gasteiger partial charge < -0.3 is 4.74 Å². The number of hydrogen-bond donors (Lipinski definition) is 0. The Morgan fingerprint density at radius 1 is 1.06 bits per heavy atom. The van der Waals surface area contributed by atoms with Gasteiger partial charge in [0.05, 0.1) is 5.56 Å². The minimum absolute atomic E-state index is 0.269. The number of hydrogen-bond acceptors (Lipinski definition) is 3. The first-order valence-electron chi connectivity index (χ1n) is 10.6. The SMILES string of the molecule is CCC=CC1CCC(C=Cc2ccc(C(=O)Oc3cc(F)c(C#N)c(F)c3)cc2)CC1. The summed E-state index contributed by atoms with van der Waals surface area (Å²) in [5.74, 6) is -1.88. The monoisotopic (exact) mass is 421 g/mol. The zero-order chi connectivity index (χ0) is 22.2. The van der Waals surface area contributed by atoms with E-state index in [4.69, 9.17) is 10.00 Å². The Morgan fingerprint density at radius 3 is 2.19 bits per heavy atom. The number of rotatable bonds is 6. The van der Waals surface area contributed by atoms with Crippen LogP contribution in [-0.2, 0) is 0 Å². The molecule has 0 atom stereocenters. The maximum atomic E-state index is 13.7. The van der Waals surface area contributed by atoms with Crippen LogP contribution in [0.1, 0.15) is 60.5 Å². The van der Waals surface area contributed by atoms with Crippen LogP contribution < -0.4 is 4.74 Å². The summed E-state index contributed by atoms with van der Waals surface area (Å²) in [5, 5.41) is 8.70. The second kappa shape index (κ2) is 10.7. The van der Waals surface area contributed by atoms with Crippen molar-refractivity contribution in [2.45, 2.75) is 39.0 Å². The first kappa shape index (κ1) is 22.4. The number of carbonyl (C=O) groups excluding carboxylic acids is 1. The molecule has 160 valence electrons. The largest absolute Gasteiger partial charge is 0.423 e.